The molecule has 0 aliphatic carbocycles. The van der Waals surface area contributed by atoms with Crippen LogP contribution >= 0.6 is 12.4 Å². The van der Waals surface area contributed by atoms with E-state index < -0.39 is 0 Å². The summed E-state index contributed by atoms with van der Waals surface area (Å²) in [6, 6.07) is 2.24. The second-order valence-electron chi connectivity index (χ2n) is 6.04. The van der Waals surface area contributed by atoms with Crippen LogP contribution in [0.15, 0.2) is 12.3 Å². The molecule has 2 rings (SSSR count). The monoisotopic (exact) mass is 328 g/mol. The summed E-state index contributed by atoms with van der Waals surface area (Å²) in [6.45, 7) is 9.95. The Labute approximate surface area is 139 Å². The van der Waals surface area contributed by atoms with Gasteiger partial charge in [0.1, 0.15) is 5.69 Å². The van der Waals surface area contributed by atoms with Gasteiger partial charge in [-0.1, -0.05) is 20.3 Å². The van der Waals surface area contributed by atoms with Crippen LogP contribution < -0.4 is 5.32 Å². The Balaban J connectivity index is 0.00000242. The zero-order chi connectivity index (χ0) is 15.2. The fraction of sp³-hybridized carbons (Fsp3) is 0.750. The Morgan fingerprint density at radius 3 is 2.91 bits per heavy atom. The van der Waals surface area contributed by atoms with Crippen LogP contribution in [0.4, 0.5) is 0 Å². The lowest BCUT2D eigenvalue weighted by Crippen LogP contribution is -2.35. The van der Waals surface area contributed by atoms with Gasteiger partial charge in [0.05, 0.1) is 6.04 Å². The Morgan fingerprint density at radius 2 is 2.32 bits per heavy atom. The summed E-state index contributed by atoms with van der Waals surface area (Å²) in [5.41, 5.74) is 0.575. The van der Waals surface area contributed by atoms with E-state index in [1.54, 1.807) is 0 Å². The Hall–Kier alpha value is -1.07. The lowest BCUT2D eigenvalue weighted by atomic mass is 10.1. The van der Waals surface area contributed by atoms with E-state index in [1.807, 2.05) is 28.8 Å². The molecule has 1 aliphatic heterocycles. The fourth-order valence-corrected chi connectivity index (χ4v) is 2.74. The fourth-order valence-electron chi connectivity index (χ4n) is 2.74. The van der Waals surface area contributed by atoms with E-state index in [-0.39, 0.29) is 18.3 Å². The second-order valence-corrected chi connectivity index (χ2v) is 6.04. The smallest absolute Gasteiger partial charge is 0.274 e. The van der Waals surface area contributed by atoms with Gasteiger partial charge in [-0.2, -0.15) is 5.10 Å². The van der Waals surface area contributed by atoms with Crippen molar-refractivity contribution in [3.63, 3.8) is 0 Å². The van der Waals surface area contributed by atoms with E-state index in [1.165, 1.54) is 6.42 Å². The van der Waals surface area contributed by atoms with E-state index in [0.717, 1.165) is 39.0 Å². The molecule has 22 heavy (non-hydrogen) atoms. The highest BCUT2D eigenvalue weighted by Crippen LogP contribution is 2.16. The molecule has 1 aromatic heterocycles. The summed E-state index contributed by atoms with van der Waals surface area (Å²) in [7, 11) is 0. The minimum absolute atomic E-state index is 0. The van der Waals surface area contributed by atoms with Crippen LogP contribution in [-0.2, 0) is 0 Å². The molecular weight excluding hydrogens is 300 g/mol. The predicted molar refractivity (Wildman–Crippen MR) is 91.6 cm³/mol. The number of carbonyl (C=O) groups excluding carboxylic acids is 1. The third kappa shape index (κ3) is 4.71. The normalized spacial score (nSPS) is 19.3. The average molecular weight is 329 g/mol. The number of hydrogen-bond donors (Lipinski definition) is 1. The molecule has 5 nitrogen and oxygen atoms in total. The van der Waals surface area contributed by atoms with Crippen LogP contribution in [0.25, 0.3) is 0 Å². The third-order valence-electron chi connectivity index (χ3n) is 4.37. The van der Waals surface area contributed by atoms with E-state index in [0.29, 0.717) is 17.7 Å². The summed E-state index contributed by atoms with van der Waals surface area (Å²) in [5, 5.41) is 7.90. The van der Waals surface area contributed by atoms with Crippen LogP contribution in [-0.4, -0.2) is 46.8 Å². The molecule has 1 saturated heterocycles. The maximum absolute atomic E-state index is 12.6. The summed E-state index contributed by atoms with van der Waals surface area (Å²) < 4.78 is 1.95. The van der Waals surface area contributed by atoms with Crippen molar-refractivity contribution in [1.29, 1.82) is 0 Å². The minimum atomic E-state index is 0. The maximum atomic E-state index is 12.6. The van der Waals surface area contributed by atoms with Crippen LogP contribution in [0.5, 0.6) is 0 Å². The van der Waals surface area contributed by atoms with Gasteiger partial charge in [-0.15, -0.1) is 12.4 Å². The lowest BCUT2D eigenvalue weighted by Gasteiger charge is -2.24. The molecule has 6 heteroatoms. The van der Waals surface area contributed by atoms with Crippen molar-refractivity contribution >= 4 is 18.3 Å². The molecule has 0 saturated carbocycles. The maximum Gasteiger partial charge on any atom is 0.274 e. The van der Waals surface area contributed by atoms with Gasteiger partial charge in [0, 0.05) is 25.8 Å². The van der Waals surface area contributed by atoms with Gasteiger partial charge in [0.2, 0.25) is 0 Å². The molecule has 1 amide bonds. The Bertz CT molecular complexity index is 457. The summed E-state index contributed by atoms with van der Waals surface area (Å²) in [4.78, 5) is 14.5. The van der Waals surface area contributed by atoms with Crippen molar-refractivity contribution in [2.75, 3.05) is 26.2 Å². The molecule has 1 fully saturated rings. The van der Waals surface area contributed by atoms with Gasteiger partial charge in [0.15, 0.2) is 0 Å². The summed E-state index contributed by atoms with van der Waals surface area (Å²) in [6.07, 6.45) is 5.34. The molecule has 2 atom stereocenters. The van der Waals surface area contributed by atoms with Gasteiger partial charge >= 0.3 is 0 Å². The van der Waals surface area contributed by atoms with Crippen LogP contribution in [0.1, 0.15) is 56.6 Å². The molecule has 2 heterocycles. The highest BCUT2D eigenvalue weighted by atomic mass is 35.5. The SMILES string of the molecule is CCC(C)CN(CC)C(=O)c1ccn(C2CCCNC2)n1.Cl. The first-order valence-electron chi connectivity index (χ1n) is 8.20. The summed E-state index contributed by atoms with van der Waals surface area (Å²) >= 11 is 0. The van der Waals surface area contributed by atoms with Crippen molar-refractivity contribution in [3.05, 3.63) is 18.0 Å². The molecule has 1 aliphatic rings. The van der Waals surface area contributed by atoms with Crippen molar-refractivity contribution in [3.8, 4) is 0 Å². The van der Waals surface area contributed by atoms with Gasteiger partial charge in [-0.25, -0.2) is 0 Å². The lowest BCUT2D eigenvalue weighted by molar-refractivity contribution is 0.0733. The number of aromatic nitrogens is 2. The van der Waals surface area contributed by atoms with Gasteiger partial charge < -0.3 is 10.2 Å². The zero-order valence-electron chi connectivity index (χ0n) is 13.9. The molecule has 1 aromatic rings. The molecular formula is C16H29ClN4O. The molecule has 0 radical (unpaired) electrons. The van der Waals surface area contributed by atoms with Gasteiger partial charge in [-0.3, -0.25) is 9.48 Å². The minimum Gasteiger partial charge on any atom is -0.337 e. The summed E-state index contributed by atoms with van der Waals surface area (Å²) in [5.74, 6) is 0.582. The Morgan fingerprint density at radius 1 is 1.55 bits per heavy atom. The van der Waals surface area contributed by atoms with Crippen molar-refractivity contribution in [1.82, 2.24) is 20.0 Å². The molecule has 0 spiro atoms. The number of halogens is 1. The Kier molecular flexibility index (Phi) is 7.90. The second kappa shape index (κ2) is 9.16. The first-order valence-corrected chi connectivity index (χ1v) is 8.20. The van der Waals surface area contributed by atoms with E-state index in [4.69, 9.17) is 0 Å². The highest BCUT2D eigenvalue weighted by molar-refractivity contribution is 5.92. The predicted octanol–water partition coefficient (Wildman–Crippen LogP) is 2.74. The molecule has 2 unspecified atom stereocenters. The number of nitrogens with zero attached hydrogens (tertiary/aromatic N) is 3. The number of carbonyl (C=O) groups is 1. The quantitative estimate of drug-likeness (QED) is 0.873. The average Bonchev–Trinajstić information content (AvgIpc) is 3.02. The number of amides is 1. The standard InChI is InChI=1S/C16H28N4O.ClH/c1-4-13(3)12-19(5-2)16(21)15-8-10-20(18-15)14-7-6-9-17-11-14;/h8,10,13-14,17H,4-7,9,11-12H2,1-3H3;1H. The molecule has 0 bridgehead atoms. The third-order valence-corrected chi connectivity index (χ3v) is 4.37. The first-order chi connectivity index (χ1) is 10.2. The largest absolute Gasteiger partial charge is 0.337 e. The molecule has 126 valence electrons. The zero-order valence-corrected chi connectivity index (χ0v) is 14.7. The number of hydrogen-bond acceptors (Lipinski definition) is 3. The van der Waals surface area contributed by atoms with E-state index in [9.17, 15) is 4.79 Å². The van der Waals surface area contributed by atoms with Crippen molar-refractivity contribution in [2.24, 2.45) is 5.92 Å². The number of rotatable bonds is 6. The van der Waals surface area contributed by atoms with Gasteiger partial charge in [-0.05, 0) is 38.3 Å². The number of piperidine rings is 1. The van der Waals surface area contributed by atoms with Crippen LogP contribution in [0.2, 0.25) is 0 Å². The first kappa shape index (κ1) is 19.0. The van der Waals surface area contributed by atoms with Crippen LogP contribution in [0, 0.1) is 5.92 Å². The highest BCUT2D eigenvalue weighted by Gasteiger charge is 2.21. The van der Waals surface area contributed by atoms with E-state index in [2.05, 4.69) is 24.3 Å². The van der Waals surface area contributed by atoms with Gasteiger partial charge in [0.25, 0.3) is 5.91 Å². The van der Waals surface area contributed by atoms with Crippen molar-refractivity contribution < 1.29 is 4.79 Å². The molecule has 1 N–H and O–H groups in total. The molecule has 0 aromatic carbocycles. The number of nitrogens with one attached hydrogen (secondary N) is 1. The van der Waals surface area contributed by atoms with E-state index >= 15 is 0 Å². The topological polar surface area (TPSA) is 50.2 Å². The van der Waals surface area contributed by atoms with Crippen molar-refractivity contribution in [2.45, 2.75) is 46.1 Å². The van der Waals surface area contributed by atoms with Crippen LogP contribution in [0.3, 0.4) is 0 Å².